The second-order valence-electron chi connectivity index (χ2n) is 6.25. The summed E-state index contributed by atoms with van der Waals surface area (Å²) in [6, 6.07) is 7.56. The SMILES string of the molecule is CCn1nncc1-c1nn2c(-c3cc(C)on3)nnc2c2cccc(OC)c12. The van der Waals surface area contributed by atoms with E-state index in [0.717, 1.165) is 16.5 Å². The van der Waals surface area contributed by atoms with E-state index in [9.17, 15) is 0 Å². The van der Waals surface area contributed by atoms with Crippen molar-refractivity contribution in [3.63, 3.8) is 0 Å². The molecular formula is C18H16N8O2. The minimum absolute atomic E-state index is 0.494. The maximum atomic E-state index is 5.61. The molecule has 140 valence electrons. The fourth-order valence-corrected chi connectivity index (χ4v) is 3.31. The molecule has 5 aromatic rings. The number of nitrogens with zero attached hydrogens (tertiary/aromatic N) is 8. The van der Waals surface area contributed by atoms with Gasteiger partial charge in [0.05, 0.1) is 18.7 Å². The summed E-state index contributed by atoms with van der Waals surface area (Å²) in [6.07, 6.45) is 1.69. The van der Waals surface area contributed by atoms with Crippen LogP contribution in [0.15, 0.2) is 35.0 Å². The van der Waals surface area contributed by atoms with Crippen molar-refractivity contribution in [3.05, 3.63) is 36.2 Å². The highest BCUT2D eigenvalue weighted by Crippen LogP contribution is 2.36. The van der Waals surface area contributed by atoms with Crippen molar-refractivity contribution in [1.29, 1.82) is 0 Å². The number of hydrogen-bond acceptors (Lipinski definition) is 8. The van der Waals surface area contributed by atoms with Gasteiger partial charge in [-0.25, -0.2) is 4.68 Å². The van der Waals surface area contributed by atoms with E-state index in [1.807, 2.05) is 32.0 Å². The maximum Gasteiger partial charge on any atom is 0.207 e. The van der Waals surface area contributed by atoms with Gasteiger partial charge in [0.15, 0.2) is 11.3 Å². The predicted octanol–water partition coefficient (Wildman–Crippen LogP) is 2.53. The molecule has 28 heavy (non-hydrogen) atoms. The fraction of sp³-hybridized carbons (Fsp3) is 0.222. The first kappa shape index (κ1) is 16.4. The first-order valence-electron chi connectivity index (χ1n) is 8.76. The zero-order chi connectivity index (χ0) is 19.3. The Balaban J connectivity index is 1.92. The summed E-state index contributed by atoms with van der Waals surface area (Å²) in [7, 11) is 1.63. The van der Waals surface area contributed by atoms with Crippen LogP contribution in [0, 0.1) is 6.92 Å². The van der Waals surface area contributed by atoms with Crippen LogP contribution in [-0.4, -0.2) is 47.1 Å². The molecule has 0 unspecified atom stereocenters. The van der Waals surface area contributed by atoms with Gasteiger partial charge in [-0.15, -0.1) is 15.3 Å². The predicted molar refractivity (Wildman–Crippen MR) is 99.8 cm³/mol. The van der Waals surface area contributed by atoms with Crippen molar-refractivity contribution < 1.29 is 9.26 Å². The lowest BCUT2D eigenvalue weighted by atomic mass is 10.1. The molecule has 0 amide bonds. The van der Waals surface area contributed by atoms with Crippen LogP contribution < -0.4 is 4.74 Å². The lowest BCUT2D eigenvalue weighted by Gasteiger charge is -2.11. The fourth-order valence-electron chi connectivity index (χ4n) is 3.31. The summed E-state index contributed by atoms with van der Waals surface area (Å²) in [6.45, 7) is 4.48. The molecule has 0 aliphatic heterocycles. The smallest absolute Gasteiger partial charge is 0.207 e. The molecule has 4 heterocycles. The van der Waals surface area contributed by atoms with Gasteiger partial charge in [0.2, 0.25) is 5.82 Å². The normalized spacial score (nSPS) is 11.5. The van der Waals surface area contributed by atoms with E-state index < -0.39 is 0 Å². The molecule has 0 bridgehead atoms. The maximum absolute atomic E-state index is 5.61. The Morgan fingerprint density at radius 3 is 2.86 bits per heavy atom. The average molecular weight is 376 g/mol. The largest absolute Gasteiger partial charge is 0.496 e. The number of aryl methyl sites for hydroxylation is 2. The molecule has 4 aromatic heterocycles. The summed E-state index contributed by atoms with van der Waals surface area (Å²) >= 11 is 0. The van der Waals surface area contributed by atoms with Crippen LogP contribution in [0.4, 0.5) is 0 Å². The molecule has 0 aliphatic rings. The monoisotopic (exact) mass is 376 g/mol. The Kier molecular flexibility index (Phi) is 3.57. The lowest BCUT2D eigenvalue weighted by Crippen LogP contribution is -2.05. The van der Waals surface area contributed by atoms with E-state index >= 15 is 0 Å². The molecule has 0 saturated heterocycles. The van der Waals surface area contributed by atoms with Crippen LogP contribution >= 0.6 is 0 Å². The number of aromatic nitrogens is 8. The minimum Gasteiger partial charge on any atom is -0.496 e. The standard InChI is InChI=1S/C18H16N8O2/c1-4-25-13(9-19-24-25)16-15-11(6-5-7-14(15)27-3)17-20-21-18(26(17)22-16)12-8-10(2)28-23-12/h5-9H,4H2,1-3H3. The summed E-state index contributed by atoms with van der Waals surface area (Å²) in [5, 5.41) is 27.4. The summed E-state index contributed by atoms with van der Waals surface area (Å²) in [5.74, 6) is 1.87. The van der Waals surface area contributed by atoms with E-state index in [2.05, 4.69) is 25.7 Å². The van der Waals surface area contributed by atoms with Crippen molar-refractivity contribution >= 4 is 16.4 Å². The zero-order valence-electron chi connectivity index (χ0n) is 15.5. The van der Waals surface area contributed by atoms with Crippen molar-refractivity contribution in [2.24, 2.45) is 0 Å². The lowest BCUT2D eigenvalue weighted by molar-refractivity contribution is 0.399. The number of hydrogen-bond donors (Lipinski definition) is 0. The van der Waals surface area contributed by atoms with Crippen molar-refractivity contribution in [1.82, 2.24) is 40.0 Å². The van der Waals surface area contributed by atoms with E-state index in [-0.39, 0.29) is 0 Å². The van der Waals surface area contributed by atoms with Gasteiger partial charge in [0, 0.05) is 18.0 Å². The number of ether oxygens (including phenoxy) is 1. The number of fused-ring (bicyclic) bond motifs is 3. The van der Waals surface area contributed by atoms with Gasteiger partial charge in [-0.3, -0.25) is 0 Å². The Bertz CT molecular complexity index is 1320. The Labute approximate surface area is 158 Å². The summed E-state index contributed by atoms with van der Waals surface area (Å²) < 4.78 is 14.3. The van der Waals surface area contributed by atoms with Crippen LogP contribution in [0.5, 0.6) is 5.75 Å². The van der Waals surface area contributed by atoms with Crippen LogP contribution in [0.1, 0.15) is 12.7 Å². The first-order valence-corrected chi connectivity index (χ1v) is 8.76. The average Bonchev–Trinajstić information content (AvgIpc) is 3.45. The third kappa shape index (κ3) is 2.27. The van der Waals surface area contributed by atoms with E-state index in [4.69, 9.17) is 14.4 Å². The van der Waals surface area contributed by atoms with Crippen LogP contribution in [0.25, 0.3) is 39.3 Å². The first-order chi connectivity index (χ1) is 13.7. The molecule has 0 fully saturated rings. The topological polar surface area (TPSA) is 109 Å². The van der Waals surface area contributed by atoms with Crippen molar-refractivity contribution in [2.75, 3.05) is 7.11 Å². The minimum atomic E-state index is 0.494. The molecule has 1 aromatic carbocycles. The molecular weight excluding hydrogens is 360 g/mol. The molecule has 10 heteroatoms. The van der Waals surface area contributed by atoms with Crippen molar-refractivity contribution in [2.45, 2.75) is 20.4 Å². The zero-order valence-corrected chi connectivity index (χ0v) is 15.5. The number of rotatable bonds is 4. The highest BCUT2D eigenvalue weighted by Gasteiger charge is 2.22. The van der Waals surface area contributed by atoms with Gasteiger partial charge < -0.3 is 9.26 Å². The van der Waals surface area contributed by atoms with E-state index in [1.54, 1.807) is 28.6 Å². The second kappa shape index (κ2) is 6.12. The van der Waals surface area contributed by atoms with Gasteiger partial charge >= 0.3 is 0 Å². The molecule has 0 saturated carbocycles. The van der Waals surface area contributed by atoms with Gasteiger partial charge in [0.25, 0.3) is 0 Å². The molecule has 0 radical (unpaired) electrons. The molecule has 5 rings (SSSR count). The highest BCUT2D eigenvalue weighted by atomic mass is 16.5. The summed E-state index contributed by atoms with van der Waals surface area (Å²) in [5.41, 5.74) is 2.61. The number of benzene rings is 1. The Hall–Kier alpha value is -3.82. The number of methoxy groups -OCH3 is 1. The van der Waals surface area contributed by atoms with Gasteiger partial charge in [-0.1, -0.05) is 22.5 Å². The Morgan fingerprint density at radius 2 is 2.11 bits per heavy atom. The van der Waals surface area contributed by atoms with Gasteiger partial charge in [-0.05, 0) is 19.9 Å². The second-order valence-corrected chi connectivity index (χ2v) is 6.25. The third-order valence-electron chi connectivity index (χ3n) is 4.58. The van der Waals surface area contributed by atoms with Crippen LogP contribution in [-0.2, 0) is 6.54 Å². The quantitative estimate of drug-likeness (QED) is 0.471. The van der Waals surface area contributed by atoms with Crippen molar-refractivity contribution in [3.8, 4) is 28.7 Å². The molecule has 0 atom stereocenters. The van der Waals surface area contributed by atoms with Gasteiger partial charge in [-0.2, -0.15) is 9.61 Å². The van der Waals surface area contributed by atoms with E-state index in [0.29, 0.717) is 40.9 Å². The third-order valence-corrected chi connectivity index (χ3v) is 4.58. The molecule has 0 N–H and O–H groups in total. The Morgan fingerprint density at radius 1 is 1.21 bits per heavy atom. The molecule has 0 spiro atoms. The molecule has 0 aliphatic carbocycles. The highest BCUT2D eigenvalue weighted by molar-refractivity contribution is 6.05. The van der Waals surface area contributed by atoms with Gasteiger partial charge in [0.1, 0.15) is 22.9 Å². The van der Waals surface area contributed by atoms with Crippen LogP contribution in [0.2, 0.25) is 0 Å². The van der Waals surface area contributed by atoms with E-state index in [1.165, 1.54) is 0 Å². The van der Waals surface area contributed by atoms with Crippen LogP contribution in [0.3, 0.4) is 0 Å². The summed E-state index contributed by atoms with van der Waals surface area (Å²) in [4.78, 5) is 0. The molecule has 10 nitrogen and oxygen atoms in total.